The number of rotatable bonds is 3. The molecule has 0 radical (unpaired) electrons. The van der Waals surface area contributed by atoms with Crippen molar-refractivity contribution in [2.24, 2.45) is 0 Å². The van der Waals surface area contributed by atoms with Crippen molar-refractivity contribution in [3.63, 3.8) is 0 Å². The number of hydrogen-bond donors (Lipinski definition) is 0. The molecule has 2 heterocycles. The zero-order valence-corrected chi connectivity index (χ0v) is 14.7. The molecule has 25 heavy (non-hydrogen) atoms. The molecule has 128 valence electrons. The summed E-state index contributed by atoms with van der Waals surface area (Å²) >= 11 is 1.70. The Bertz CT molecular complexity index is 879. The zero-order valence-electron chi connectivity index (χ0n) is 12.5. The van der Waals surface area contributed by atoms with Gasteiger partial charge in [0.1, 0.15) is 0 Å². The number of alkyl halides is 3. The van der Waals surface area contributed by atoms with Gasteiger partial charge in [-0.25, -0.2) is 0 Å². The standard InChI is InChI=1S/C17H10F3IN2O2/c18-17(19,20)11-5-3-4-10(8-11)13-14(21)16(25)23(15(13)24)9-12-6-1-2-7-22-12/h1-8H,9H2. The van der Waals surface area contributed by atoms with E-state index >= 15 is 0 Å². The minimum Gasteiger partial charge on any atom is -0.269 e. The van der Waals surface area contributed by atoms with Gasteiger partial charge in [0.2, 0.25) is 0 Å². The smallest absolute Gasteiger partial charge is 0.269 e. The molecule has 0 saturated carbocycles. The highest BCUT2D eigenvalue weighted by molar-refractivity contribution is 14.1. The van der Waals surface area contributed by atoms with Crippen LogP contribution in [0.3, 0.4) is 0 Å². The van der Waals surface area contributed by atoms with Gasteiger partial charge in [-0.3, -0.25) is 19.5 Å². The van der Waals surface area contributed by atoms with Crippen molar-refractivity contribution in [3.8, 4) is 0 Å². The molecule has 1 aromatic carbocycles. The third-order valence-electron chi connectivity index (χ3n) is 3.64. The fourth-order valence-electron chi connectivity index (χ4n) is 2.44. The topological polar surface area (TPSA) is 50.3 Å². The summed E-state index contributed by atoms with van der Waals surface area (Å²) in [6, 6.07) is 9.49. The summed E-state index contributed by atoms with van der Waals surface area (Å²) in [4.78, 5) is 30.1. The quantitative estimate of drug-likeness (QED) is 0.520. The maximum Gasteiger partial charge on any atom is 0.416 e. The van der Waals surface area contributed by atoms with E-state index in [0.717, 1.165) is 17.0 Å². The molecule has 2 aromatic rings. The molecule has 2 amide bonds. The molecule has 8 heteroatoms. The van der Waals surface area contributed by atoms with Gasteiger partial charge in [-0.2, -0.15) is 13.2 Å². The van der Waals surface area contributed by atoms with E-state index in [4.69, 9.17) is 0 Å². The molecule has 1 aromatic heterocycles. The summed E-state index contributed by atoms with van der Waals surface area (Å²) in [5.41, 5.74) is -0.308. The van der Waals surface area contributed by atoms with Gasteiger partial charge in [0.15, 0.2) is 0 Å². The largest absolute Gasteiger partial charge is 0.416 e. The Labute approximate surface area is 154 Å². The second kappa shape index (κ2) is 6.58. The normalized spacial score (nSPS) is 15.3. The molecule has 4 nitrogen and oxygen atoms in total. The first kappa shape index (κ1) is 17.6. The highest BCUT2D eigenvalue weighted by Gasteiger charge is 2.39. The van der Waals surface area contributed by atoms with Gasteiger partial charge in [0, 0.05) is 6.20 Å². The minimum atomic E-state index is -4.53. The van der Waals surface area contributed by atoms with Gasteiger partial charge < -0.3 is 0 Å². The summed E-state index contributed by atoms with van der Waals surface area (Å²) in [5, 5.41) is 0. The zero-order chi connectivity index (χ0) is 18.2. The van der Waals surface area contributed by atoms with Gasteiger partial charge in [0.05, 0.1) is 27.0 Å². The molecule has 3 rings (SSSR count). The van der Waals surface area contributed by atoms with E-state index in [-0.39, 0.29) is 21.3 Å². The van der Waals surface area contributed by atoms with Crippen LogP contribution in [-0.4, -0.2) is 21.7 Å². The Hall–Kier alpha value is -2.23. The first-order valence-electron chi connectivity index (χ1n) is 7.12. The molecule has 0 bridgehead atoms. The second-order valence-electron chi connectivity index (χ2n) is 5.29. The van der Waals surface area contributed by atoms with E-state index in [1.54, 1.807) is 40.8 Å². The van der Waals surface area contributed by atoms with Crippen LogP contribution >= 0.6 is 22.6 Å². The third-order valence-corrected chi connectivity index (χ3v) is 4.64. The van der Waals surface area contributed by atoms with E-state index in [2.05, 4.69) is 4.98 Å². The van der Waals surface area contributed by atoms with Gasteiger partial charge in [0.25, 0.3) is 11.8 Å². The van der Waals surface area contributed by atoms with Gasteiger partial charge in [-0.1, -0.05) is 18.2 Å². The number of hydrogen-bond acceptors (Lipinski definition) is 3. The molecular formula is C17H10F3IN2O2. The molecule has 0 saturated heterocycles. The Morgan fingerprint density at radius 2 is 1.80 bits per heavy atom. The molecule has 0 atom stereocenters. The highest BCUT2D eigenvalue weighted by atomic mass is 127. The Kier molecular flexibility index (Phi) is 4.63. The number of pyridine rings is 1. The molecule has 0 aliphatic carbocycles. The van der Waals surface area contributed by atoms with Gasteiger partial charge in [-0.15, -0.1) is 0 Å². The SMILES string of the molecule is O=C1C(I)=C(c2cccc(C(F)(F)F)c2)C(=O)N1Cc1ccccn1. The average Bonchev–Trinajstić information content (AvgIpc) is 2.79. The van der Waals surface area contributed by atoms with Crippen LogP contribution in [0.25, 0.3) is 5.57 Å². The number of carbonyl (C=O) groups is 2. The summed E-state index contributed by atoms with van der Waals surface area (Å²) in [7, 11) is 0. The maximum absolute atomic E-state index is 12.9. The monoisotopic (exact) mass is 458 g/mol. The lowest BCUT2D eigenvalue weighted by molar-refractivity contribution is -0.138. The Balaban J connectivity index is 1.95. The average molecular weight is 458 g/mol. The number of imide groups is 1. The molecule has 1 aliphatic rings. The fourth-order valence-corrected chi connectivity index (χ4v) is 3.28. The summed E-state index contributed by atoms with van der Waals surface area (Å²) in [6.45, 7) is -0.0343. The van der Waals surface area contributed by atoms with Gasteiger partial charge in [-0.05, 0) is 52.4 Å². The van der Waals surface area contributed by atoms with Crippen molar-refractivity contribution in [2.75, 3.05) is 0 Å². The van der Waals surface area contributed by atoms with E-state index in [1.165, 1.54) is 18.3 Å². The number of amides is 2. The van der Waals surface area contributed by atoms with E-state index in [0.29, 0.717) is 5.69 Å². The van der Waals surface area contributed by atoms with E-state index < -0.39 is 23.6 Å². The maximum atomic E-state index is 12.9. The van der Waals surface area contributed by atoms with Crippen LogP contribution in [0, 0.1) is 0 Å². The van der Waals surface area contributed by atoms with Crippen molar-refractivity contribution < 1.29 is 22.8 Å². The molecule has 0 fully saturated rings. The Morgan fingerprint density at radius 3 is 2.44 bits per heavy atom. The number of halogens is 4. The van der Waals surface area contributed by atoms with Crippen LogP contribution in [0.1, 0.15) is 16.8 Å². The first-order valence-corrected chi connectivity index (χ1v) is 8.20. The predicted octanol–water partition coefficient (Wildman–Crippen LogP) is 3.82. The highest BCUT2D eigenvalue weighted by Crippen LogP contribution is 2.36. The lowest BCUT2D eigenvalue weighted by Gasteiger charge is -2.14. The van der Waals surface area contributed by atoms with Crippen LogP contribution in [0.5, 0.6) is 0 Å². The Morgan fingerprint density at radius 1 is 1.04 bits per heavy atom. The molecule has 0 N–H and O–H groups in total. The van der Waals surface area contributed by atoms with Crippen LogP contribution in [0.2, 0.25) is 0 Å². The molecule has 1 aliphatic heterocycles. The van der Waals surface area contributed by atoms with Crippen LogP contribution in [0.4, 0.5) is 13.2 Å². The lowest BCUT2D eigenvalue weighted by atomic mass is 10.0. The fraction of sp³-hybridized carbons (Fsp3) is 0.118. The van der Waals surface area contributed by atoms with Crippen molar-refractivity contribution >= 4 is 40.0 Å². The predicted molar refractivity (Wildman–Crippen MR) is 92.2 cm³/mol. The second-order valence-corrected chi connectivity index (χ2v) is 6.36. The first-order chi connectivity index (χ1) is 11.8. The number of nitrogens with zero attached hydrogens (tertiary/aromatic N) is 2. The summed E-state index contributed by atoms with van der Waals surface area (Å²) in [6.07, 6.45) is -2.99. The van der Waals surface area contributed by atoms with Crippen molar-refractivity contribution in [2.45, 2.75) is 12.7 Å². The lowest BCUT2D eigenvalue weighted by Crippen LogP contribution is -2.31. The third kappa shape index (κ3) is 3.44. The van der Waals surface area contributed by atoms with E-state index in [1.807, 2.05) is 0 Å². The number of aromatic nitrogens is 1. The minimum absolute atomic E-state index is 0.0207. The molecule has 0 unspecified atom stereocenters. The van der Waals surface area contributed by atoms with Crippen molar-refractivity contribution in [3.05, 3.63) is 69.1 Å². The molecule has 0 spiro atoms. The van der Waals surface area contributed by atoms with Crippen LogP contribution in [0.15, 0.2) is 52.2 Å². The van der Waals surface area contributed by atoms with Gasteiger partial charge >= 0.3 is 6.18 Å². The van der Waals surface area contributed by atoms with Crippen LogP contribution in [-0.2, 0) is 22.3 Å². The summed E-state index contributed by atoms with van der Waals surface area (Å²) < 4.78 is 38.8. The van der Waals surface area contributed by atoms with Crippen molar-refractivity contribution in [1.82, 2.24) is 9.88 Å². The molecular weight excluding hydrogens is 448 g/mol. The summed E-state index contributed by atoms with van der Waals surface area (Å²) in [5.74, 6) is -1.16. The van der Waals surface area contributed by atoms with Crippen molar-refractivity contribution in [1.29, 1.82) is 0 Å². The van der Waals surface area contributed by atoms with Crippen LogP contribution < -0.4 is 0 Å². The van der Waals surface area contributed by atoms with E-state index in [9.17, 15) is 22.8 Å². The number of benzene rings is 1. The number of carbonyl (C=O) groups excluding carboxylic acids is 2.